The fraction of sp³-hybridized carbons (Fsp3) is 0.286. The Kier molecular flexibility index (Phi) is 4.06. The van der Waals surface area contributed by atoms with Crippen LogP contribution in [0.15, 0.2) is 48.5 Å². The summed E-state index contributed by atoms with van der Waals surface area (Å²) in [5, 5.41) is 10.5. The van der Waals surface area contributed by atoms with Crippen molar-refractivity contribution in [2.75, 3.05) is 13.7 Å². The minimum Gasteiger partial charge on any atom is -0.497 e. The second-order valence-corrected chi connectivity index (χ2v) is 6.52. The van der Waals surface area contributed by atoms with Crippen LogP contribution in [0.25, 0.3) is 5.57 Å². The van der Waals surface area contributed by atoms with Gasteiger partial charge in [-0.2, -0.15) is 0 Å². The van der Waals surface area contributed by atoms with Crippen LogP contribution in [-0.2, 0) is 6.42 Å². The molecule has 0 aromatic heterocycles. The Balaban J connectivity index is 1.59. The summed E-state index contributed by atoms with van der Waals surface area (Å²) in [6, 6.07) is 13.4. The van der Waals surface area contributed by atoms with E-state index < -0.39 is 6.23 Å². The van der Waals surface area contributed by atoms with Gasteiger partial charge in [-0.25, -0.2) is 0 Å². The monoisotopic (exact) mass is 335 g/mol. The van der Waals surface area contributed by atoms with E-state index in [1.165, 1.54) is 21.6 Å². The van der Waals surface area contributed by atoms with E-state index in [-0.39, 0.29) is 5.91 Å². The molecule has 2 aliphatic rings. The van der Waals surface area contributed by atoms with E-state index in [0.29, 0.717) is 17.7 Å². The van der Waals surface area contributed by atoms with Gasteiger partial charge in [0.15, 0.2) is 6.23 Å². The first-order chi connectivity index (χ1) is 12.2. The molecule has 1 amide bonds. The van der Waals surface area contributed by atoms with Crippen molar-refractivity contribution < 1.29 is 14.6 Å². The largest absolute Gasteiger partial charge is 0.497 e. The number of carbonyl (C=O) groups excluding carboxylic acids is 1. The van der Waals surface area contributed by atoms with E-state index in [0.717, 1.165) is 25.0 Å². The summed E-state index contributed by atoms with van der Waals surface area (Å²) in [7, 11) is 1.68. The zero-order chi connectivity index (χ0) is 17.4. The Morgan fingerprint density at radius 1 is 1.20 bits per heavy atom. The molecule has 4 rings (SSSR count). The van der Waals surface area contributed by atoms with Crippen LogP contribution < -0.4 is 4.74 Å². The van der Waals surface area contributed by atoms with Gasteiger partial charge < -0.3 is 14.7 Å². The minimum atomic E-state index is -0.862. The van der Waals surface area contributed by atoms with Gasteiger partial charge in [-0.05, 0) is 54.2 Å². The van der Waals surface area contributed by atoms with Crippen molar-refractivity contribution in [1.82, 2.24) is 4.90 Å². The topological polar surface area (TPSA) is 49.8 Å². The van der Waals surface area contributed by atoms with Gasteiger partial charge in [0.1, 0.15) is 5.75 Å². The fourth-order valence-corrected chi connectivity index (χ4v) is 3.78. The van der Waals surface area contributed by atoms with Gasteiger partial charge in [-0.3, -0.25) is 4.79 Å². The molecule has 0 fully saturated rings. The molecular weight excluding hydrogens is 314 g/mol. The Hall–Kier alpha value is -2.59. The fourth-order valence-electron chi connectivity index (χ4n) is 3.78. The predicted octanol–water partition coefficient (Wildman–Crippen LogP) is 3.56. The number of carbonyl (C=O) groups is 1. The first-order valence-electron chi connectivity index (χ1n) is 8.63. The van der Waals surface area contributed by atoms with E-state index >= 15 is 0 Å². The Morgan fingerprint density at radius 2 is 2.04 bits per heavy atom. The van der Waals surface area contributed by atoms with E-state index in [1.54, 1.807) is 13.2 Å². The molecule has 2 aromatic rings. The first-order valence-corrected chi connectivity index (χ1v) is 8.63. The van der Waals surface area contributed by atoms with Crippen LogP contribution in [0.4, 0.5) is 0 Å². The first kappa shape index (κ1) is 15.9. The van der Waals surface area contributed by atoms with Crippen molar-refractivity contribution >= 4 is 11.5 Å². The zero-order valence-electron chi connectivity index (χ0n) is 14.2. The maximum atomic E-state index is 12.5. The third kappa shape index (κ3) is 2.72. The van der Waals surface area contributed by atoms with Crippen molar-refractivity contribution in [3.8, 4) is 5.75 Å². The second kappa shape index (κ2) is 6.37. The summed E-state index contributed by atoms with van der Waals surface area (Å²) in [5.74, 6) is 0.770. The number of aryl methyl sites for hydroxylation is 1. The molecule has 1 heterocycles. The second-order valence-electron chi connectivity index (χ2n) is 6.52. The minimum absolute atomic E-state index is 0.106. The molecule has 1 aliphatic carbocycles. The number of benzene rings is 2. The van der Waals surface area contributed by atoms with Crippen LogP contribution in [0.2, 0.25) is 0 Å². The van der Waals surface area contributed by atoms with Crippen LogP contribution >= 0.6 is 0 Å². The number of aliphatic hydroxyl groups is 1. The number of hydrogen-bond acceptors (Lipinski definition) is 3. The SMILES string of the molecule is COc1ccc2c(c1)CCC/C2=C/CN1C(=O)c2ccccc2[C@@H]1O. The third-order valence-electron chi connectivity index (χ3n) is 5.11. The number of hydrogen-bond donors (Lipinski definition) is 1. The van der Waals surface area contributed by atoms with E-state index in [1.807, 2.05) is 24.3 Å². The summed E-state index contributed by atoms with van der Waals surface area (Å²) >= 11 is 0. The quantitative estimate of drug-likeness (QED) is 0.933. The Labute approximate surface area is 147 Å². The van der Waals surface area contributed by atoms with Crippen LogP contribution in [0.3, 0.4) is 0 Å². The number of methoxy groups -OCH3 is 1. The lowest BCUT2D eigenvalue weighted by Crippen LogP contribution is -2.28. The smallest absolute Gasteiger partial charge is 0.256 e. The summed E-state index contributed by atoms with van der Waals surface area (Å²) in [5.41, 5.74) is 5.04. The molecule has 1 aliphatic heterocycles. The standard InChI is InChI=1S/C21H21NO3/c1-25-16-9-10-17-14(5-4-6-15(17)13-16)11-12-22-20(23)18-7-2-3-8-19(18)21(22)24/h2-3,7-11,13,20,23H,4-6,12H2,1H3/b14-11-/t20-/m0/s1. The lowest BCUT2D eigenvalue weighted by Gasteiger charge is -2.23. The molecule has 0 spiro atoms. The lowest BCUT2D eigenvalue weighted by atomic mass is 9.87. The highest BCUT2D eigenvalue weighted by atomic mass is 16.5. The molecule has 4 heteroatoms. The molecule has 0 bridgehead atoms. The van der Waals surface area contributed by atoms with Crippen molar-refractivity contribution in [3.05, 3.63) is 70.8 Å². The van der Waals surface area contributed by atoms with Gasteiger partial charge >= 0.3 is 0 Å². The highest BCUT2D eigenvalue weighted by Gasteiger charge is 2.34. The number of rotatable bonds is 3. The maximum absolute atomic E-state index is 12.5. The van der Waals surface area contributed by atoms with Gasteiger partial charge in [0.05, 0.1) is 7.11 Å². The molecule has 0 unspecified atom stereocenters. The normalized spacial score (nSPS) is 20.6. The van der Waals surface area contributed by atoms with E-state index in [4.69, 9.17) is 4.74 Å². The van der Waals surface area contributed by atoms with Crippen LogP contribution in [0.5, 0.6) is 5.75 Å². The predicted molar refractivity (Wildman–Crippen MR) is 96.3 cm³/mol. The van der Waals surface area contributed by atoms with Gasteiger partial charge in [0.25, 0.3) is 5.91 Å². The highest BCUT2D eigenvalue weighted by Crippen LogP contribution is 2.35. The van der Waals surface area contributed by atoms with Gasteiger partial charge in [0.2, 0.25) is 0 Å². The molecule has 0 radical (unpaired) electrons. The lowest BCUT2D eigenvalue weighted by molar-refractivity contribution is 0.0232. The molecule has 25 heavy (non-hydrogen) atoms. The molecular formula is C21H21NO3. The van der Waals surface area contributed by atoms with Gasteiger partial charge in [-0.15, -0.1) is 0 Å². The average molecular weight is 335 g/mol. The van der Waals surface area contributed by atoms with E-state index in [2.05, 4.69) is 18.2 Å². The molecule has 128 valence electrons. The van der Waals surface area contributed by atoms with Crippen molar-refractivity contribution in [1.29, 1.82) is 0 Å². The van der Waals surface area contributed by atoms with Crippen molar-refractivity contribution in [3.63, 3.8) is 0 Å². The summed E-state index contributed by atoms with van der Waals surface area (Å²) < 4.78 is 5.32. The molecule has 0 saturated carbocycles. The number of nitrogens with zero attached hydrogens (tertiary/aromatic N) is 1. The number of amides is 1. The van der Waals surface area contributed by atoms with Crippen LogP contribution in [0.1, 0.15) is 46.1 Å². The molecule has 4 nitrogen and oxygen atoms in total. The van der Waals surface area contributed by atoms with E-state index in [9.17, 15) is 9.90 Å². The Bertz CT molecular complexity index is 856. The number of aliphatic hydroxyl groups excluding tert-OH is 1. The van der Waals surface area contributed by atoms with Crippen LogP contribution in [-0.4, -0.2) is 29.6 Å². The molecule has 1 atom stereocenters. The maximum Gasteiger partial charge on any atom is 0.256 e. The van der Waals surface area contributed by atoms with Crippen LogP contribution in [0, 0.1) is 0 Å². The Morgan fingerprint density at radius 3 is 2.84 bits per heavy atom. The third-order valence-corrected chi connectivity index (χ3v) is 5.11. The summed E-state index contributed by atoms with van der Waals surface area (Å²) in [6.07, 6.45) is 4.34. The number of ether oxygens (including phenoxy) is 1. The van der Waals surface area contributed by atoms with Crippen molar-refractivity contribution in [2.45, 2.75) is 25.5 Å². The highest BCUT2D eigenvalue weighted by molar-refractivity contribution is 5.99. The van der Waals surface area contributed by atoms with Gasteiger partial charge in [-0.1, -0.05) is 30.3 Å². The van der Waals surface area contributed by atoms with Crippen molar-refractivity contribution in [2.24, 2.45) is 0 Å². The summed E-state index contributed by atoms with van der Waals surface area (Å²) in [4.78, 5) is 14.1. The molecule has 2 aromatic carbocycles. The summed E-state index contributed by atoms with van der Waals surface area (Å²) in [6.45, 7) is 0.412. The molecule has 1 N–H and O–H groups in total. The number of fused-ring (bicyclic) bond motifs is 2. The average Bonchev–Trinajstić information content (AvgIpc) is 2.90. The number of allylic oxidation sites excluding steroid dienone is 1. The molecule has 0 saturated heterocycles. The zero-order valence-corrected chi connectivity index (χ0v) is 14.2. The van der Waals surface area contributed by atoms with Gasteiger partial charge in [0, 0.05) is 17.7 Å².